The Bertz CT molecular complexity index is 1760. The summed E-state index contributed by atoms with van der Waals surface area (Å²) in [7, 11) is 0. The zero-order chi connectivity index (χ0) is 39.0. The second-order valence-corrected chi connectivity index (χ2v) is 15.5. The van der Waals surface area contributed by atoms with E-state index >= 15 is 0 Å². The molecule has 10 nitrogen and oxygen atoms in total. The molecule has 2 fully saturated rings. The van der Waals surface area contributed by atoms with Gasteiger partial charge in [-0.15, -0.1) is 0 Å². The number of aliphatic hydroxyl groups is 3. The quantitative estimate of drug-likeness (QED) is 0.107. The van der Waals surface area contributed by atoms with Gasteiger partial charge < -0.3 is 41.2 Å². The Morgan fingerprint density at radius 3 is 2.80 bits per heavy atom. The molecule has 1 aromatic carbocycles. The molecule has 0 radical (unpaired) electrons. The van der Waals surface area contributed by atoms with Gasteiger partial charge in [-0.05, 0) is 94.9 Å². The zero-order valence-corrected chi connectivity index (χ0v) is 32.4. The summed E-state index contributed by atoms with van der Waals surface area (Å²) in [6.45, 7) is 13.4. The largest absolute Gasteiger partial charge is 0.414 e. The Morgan fingerprint density at radius 2 is 2.04 bits per heavy atom. The van der Waals surface area contributed by atoms with Crippen LogP contribution >= 0.6 is 0 Å². The lowest BCUT2D eigenvalue weighted by Crippen LogP contribution is -2.59. The number of fused-ring (bicyclic) bond motifs is 1. The Balaban J connectivity index is 1.48. The van der Waals surface area contributed by atoms with E-state index in [4.69, 9.17) is 15.2 Å². The predicted molar refractivity (Wildman–Crippen MR) is 210 cm³/mol. The molecular formula is C44H59N3O7. The minimum absolute atomic E-state index is 0.00515. The molecule has 0 aromatic heterocycles. The van der Waals surface area contributed by atoms with E-state index in [1.165, 1.54) is 5.57 Å². The van der Waals surface area contributed by atoms with Crippen LogP contribution in [0.5, 0.6) is 5.75 Å². The van der Waals surface area contributed by atoms with Crippen molar-refractivity contribution in [1.82, 2.24) is 10.6 Å². The number of likely N-dealkylation sites (N-methyl/N-ethyl adjacent to an activating group) is 1. The molecule has 10 heteroatoms. The monoisotopic (exact) mass is 741 g/mol. The molecule has 7 atom stereocenters. The van der Waals surface area contributed by atoms with E-state index < -0.39 is 29.4 Å². The van der Waals surface area contributed by atoms with E-state index in [9.17, 15) is 24.9 Å². The summed E-state index contributed by atoms with van der Waals surface area (Å²) in [4.78, 5) is 26.3. The molecular weight excluding hydrogens is 682 g/mol. The Labute approximate surface area is 320 Å². The number of hydrogen-bond donors (Lipinski definition) is 6. The molecule has 292 valence electrons. The van der Waals surface area contributed by atoms with Crippen molar-refractivity contribution < 1.29 is 34.4 Å². The van der Waals surface area contributed by atoms with Gasteiger partial charge in [-0.3, -0.25) is 4.79 Å². The van der Waals surface area contributed by atoms with Crippen LogP contribution in [0, 0.1) is 29.1 Å². The van der Waals surface area contributed by atoms with Crippen LogP contribution in [0.2, 0.25) is 0 Å². The summed E-state index contributed by atoms with van der Waals surface area (Å²) in [5, 5.41) is 41.0. The summed E-state index contributed by atoms with van der Waals surface area (Å²) in [6.07, 6.45) is 10.2. The number of allylic oxidation sites excluding steroid dienone is 5. The van der Waals surface area contributed by atoms with Crippen LogP contribution in [0.4, 0.5) is 4.79 Å². The molecule has 54 heavy (non-hydrogen) atoms. The number of para-hydroxylation sites is 1. The number of Topliss-reactive ketones (excluding diaryl/α,β-unsaturated/α-hetero) is 1. The molecule has 5 rings (SSSR count). The Morgan fingerprint density at radius 1 is 1.24 bits per heavy atom. The van der Waals surface area contributed by atoms with Gasteiger partial charge in [0.05, 0.1) is 18.3 Å². The van der Waals surface area contributed by atoms with Crippen LogP contribution in [0.15, 0.2) is 76.9 Å². The van der Waals surface area contributed by atoms with Crippen molar-refractivity contribution in [3.63, 3.8) is 0 Å². The molecule has 2 aliphatic carbocycles. The van der Waals surface area contributed by atoms with Crippen molar-refractivity contribution in [2.75, 3.05) is 26.4 Å². The highest BCUT2D eigenvalue weighted by molar-refractivity contribution is 5.97. The van der Waals surface area contributed by atoms with Crippen LogP contribution in [-0.2, 0) is 16.0 Å². The molecule has 4 aliphatic rings. The number of nitrogens with one attached hydrogen (secondary N) is 2. The van der Waals surface area contributed by atoms with E-state index in [0.717, 1.165) is 29.7 Å². The van der Waals surface area contributed by atoms with E-state index in [0.29, 0.717) is 67.4 Å². The van der Waals surface area contributed by atoms with Gasteiger partial charge in [-0.1, -0.05) is 79.0 Å². The average Bonchev–Trinajstić information content (AvgIpc) is 3.48. The van der Waals surface area contributed by atoms with Crippen molar-refractivity contribution in [2.45, 2.75) is 109 Å². The fraction of sp³-hybridized carbons (Fsp3) is 0.545. The predicted octanol–water partition coefficient (Wildman–Crippen LogP) is 5.64. The minimum atomic E-state index is -1.25. The molecule has 2 aliphatic heterocycles. The van der Waals surface area contributed by atoms with Gasteiger partial charge in [-0.2, -0.15) is 0 Å². The SMILES string of the molecule is C=C1C=CC=C(C2CCC3(C(CCCO)C(=C(C)C(=O)Cc4cccc5c4OC(=O)NC5N)CCC3(C)O)C2O)COCC#CCC(C)=CCC1NCC. The van der Waals surface area contributed by atoms with E-state index in [1.54, 1.807) is 18.2 Å². The molecule has 2 saturated carbocycles. The molecule has 1 spiro atoms. The van der Waals surface area contributed by atoms with Crippen molar-refractivity contribution >= 4 is 11.9 Å². The van der Waals surface area contributed by atoms with Crippen LogP contribution in [0.3, 0.4) is 0 Å². The molecule has 2 heterocycles. The highest BCUT2D eigenvalue weighted by Gasteiger charge is 2.64. The van der Waals surface area contributed by atoms with Gasteiger partial charge in [0.15, 0.2) is 5.78 Å². The number of aliphatic hydroxyl groups excluding tert-OH is 2. The maximum Gasteiger partial charge on any atom is 0.414 e. The smallest absolute Gasteiger partial charge is 0.410 e. The Hall–Kier alpha value is -3.82. The first-order chi connectivity index (χ1) is 25.8. The zero-order valence-electron chi connectivity index (χ0n) is 32.4. The normalized spacial score (nSPS) is 31.5. The Kier molecular flexibility index (Phi) is 13.9. The second-order valence-electron chi connectivity index (χ2n) is 15.5. The van der Waals surface area contributed by atoms with Crippen molar-refractivity contribution in [3.8, 4) is 17.6 Å². The van der Waals surface area contributed by atoms with Crippen molar-refractivity contribution in [3.05, 3.63) is 88.1 Å². The first-order valence-electron chi connectivity index (χ1n) is 19.4. The molecule has 0 saturated heterocycles. The van der Waals surface area contributed by atoms with Crippen LogP contribution in [0.25, 0.3) is 0 Å². The maximum absolute atomic E-state index is 14.1. The average molecular weight is 742 g/mol. The number of rotatable bonds is 9. The van der Waals surface area contributed by atoms with E-state index in [-0.39, 0.29) is 49.9 Å². The van der Waals surface area contributed by atoms with Gasteiger partial charge in [0, 0.05) is 48.0 Å². The lowest BCUT2D eigenvalue weighted by Gasteiger charge is -2.55. The highest BCUT2D eigenvalue weighted by atomic mass is 16.6. The van der Waals surface area contributed by atoms with E-state index in [2.05, 4.69) is 49.0 Å². The molecule has 7 N–H and O–H groups in total. The lowest BCUT2D eigenvalue weighted by molar-refractivity contribution is -0.167. The first-order valence-corrected chi connectivity index (χ1v) is 19.4. The number of nitrogens with two attached hydrogens (primary N) is 1. The van der Waals surface area contributed by atoms with Crippen LogP contribution in [-0.4, -0.2) is 71.3 Å². The van der Waals surface area contributed by atoms with Gasteiger partial charge in [-0.25, -0.2) is 4.79 Å². The number of benzene rings is 1. The maximum atomic E-state index is 14.1. The molecule has 1 aromatic rings. The first kappa shape index (κ1) is 41.3. The standard InChI is InChI=1S/C44H59N3O7/c1-6-46-37-19-18-28(2)12-7-8-25-53-27-32(15-9-13-29(37)3)34-21-23-44(40(34)50)36(17-11-24-48)33(20-22-43(44,5)52)30(4)38(49)26-31-14-10-16-35-39(31)54-42(51)47-41(35)45/h9-10,13-16,18,34,36-37,40-41,46,48,50,52H,3,6,11-12,17,19-27,45H2,1-2,4-5H3,(H,47,51). The topological polar surface area (TPSA) is 163 Å². The number of ether oxygens (including phenoxy) is 2. The van der Waals surface area contributed by atoms with Gasteiger partial charge in [0.2, 0.25) is 0 Å². The minimum Gasteiger partial charge on any atom is -0.410 e. The van der Waals surface area contributed by atoms with Crippen LogP contribution in [0.1, 0.15) is 96.4 Å². The molecule has 1 amide bonds. The number of ketones is 1. The number of amides is 1. The van der Waals surface area contributed by atoms with Gasteiger partial charge in [0.1, 0.15) is 18.5 Å². The van der Waals surface area contributed by atoms with Gasteiger partial charge >= 0.3 is 6.09 Å². The fourth-order valence-electron chi connectivity index (χ4n) is 9.15. The lowest BCUT2D eigenvalue weighted by atomic mass is 9.52. The summed E-state index contributed by atoms with van der Waals surface area (Å²) >= 11 is 0. The number of carbonyl (C=O) groups excluding carboxylic acids is 2. The summed E-state index contributed by atoms with van der Waals surface area (Å²) in [6, 6.07) is 5.39. The highest BCUT2D eigenvalue weighted by Crippen LogP contribution is 2.63. The fourth-order valence-corrected chi connectivity index (χ4v) is 9.15. The third kappa shape index (κ3) is 8.83. The van der Waals surface area contributed by atoms with Crippen molar-refractivity contribution in [1.29, 1.82) is 0 Å². The third-order valence-corrected chi connectivity index (χ3v) is 12.2. The third-order valence-electron chi connectivity index (χ3n) is 12.2. The summed E-state index contributed by atoms with van der Waals surface area (Å²) < 4.78 is 11.6. The second kappa shape index (κ2) is 18.2. The summed E-state index contributed by atoms with van der Waals surface area (Å²) in [5.41, 5.74) is 9.59. The number of carbonyl (C=O) groups is 2. The number of hydrogen-bond acceptors (Lipinski definition) is 9. The summed E-state index contributed by atoms with van der Waals surface area (Å²) in [5.74, 6) is 5.83. The van der Waals surface area contributed by atoms with E-state index in [1.807, 2.05) is 32.1 Å². The molecule has 0 bridgehead atoms. The van der Waals surface area contributed by atoms with Crippen LogP contribution < -0.4 is 21.1 Å². The molecule has 7 unspecified atom stereocenters. The van der Waals surface area contributed by atoms with Crippen molar-refractivity contribution in [2.24, 2.45) is 23.0 Å². The van der Waals surface area contributed by atoms with Gasteiger partial charge in [0.25, 0.3) is 0 Å².